The minimum absolute atomic E-state index is 0.644. The Kier molecular flexibility index (Phi) is 6.03. The summed E-state index contributed by atoms with van der Waals surface area (Å²) in [6.07, 6.45) is 0. The number of rotatable bonds is 3. The van der Waals surface area contributed by atoms with Crippen molar-refractivity contribution in [2.45, 2.75) is 0 Å². The molecular formula is C54H31N2S2+. The third kappa shape index (κ3) is 3.85. The standard InChI is InChI=1S/C54H31N2S2/c1-5-22-46-38(14-1)44-28-32(36-18-10-20-42-40-16-3-7-24-50(40)57-53(36)42)26-27-47(44)55(46)48-30-33(37-19-11-21-43-41-17-4-8-25-51(41)58-54(37)43)29-45-39-15-2-6-23-49(39)56(52(45)48)34-12-9-13-35(56)31-34/h1-31H/q+1. The van der Waals surface area contributed by atoms with Gasteiger partial charge in [-0.3, -0.25) is 0 Å². The van der Waals surface area contributed by atoms with Gasteiger partial charge >= 0.3 is 0 Å². The van der Waals surface area contributed by atoms with E-state index in [2.05, 4.69) is 193 Å². The molecule has 4 heteroatoms. The minimum atomic E-state index is 0.644. The molecule has 0 aliphatic carbocycles. The lowest BCUT2D eigenvalue weighted by atomic mass is 9.95. The first-order chi connectivity index (χ1) is 28.8. The number of benzene rings is 9. The molecule has 3 aliphatic heterocycles. The zero-order valence-corrected chi connectivity index (χ0v) is 32.7. The highest BCUT2D eigenvalue weighted by Crippen LogP contribution is 2.69. The predicted octanol–water partition coefficient (Wildman–Crippen LogP) is 16.4. The fraction of sp³-hybridized carbons (Fsp3) is 0. The summed E-state index contributed by atoms with van der Waals surface area (Å²) in [6.45, 7) is 0. The second-order valence-corrected chi connectivity index (χ2v) is 17.8. The highest BCUT2D eigenvalue weighted by atomic mass is 32.1. The first-order valence-corrected chi connectivity index (χ1v) is 21.5. The quantitative estimate of drug-likeness (QED) is 0.158. The molecule has 0 atom stereocenters. The van der Waals surface area contributed by atoms with Crippen molar-refractivity contribution >= 4 is 108 Å². The molecule has 3 aliphatic rings. The predicted molar refractivity (Wildman–Crippen MR) is 250 cm³/mol. The van der Waals surface area contributed by atoms with E-state index < -0.39 is 0 Å². The van der Waals surface area contributed by atoms with E-state index in [0.29, 0.717) is 4.48 Å². The SMILES string of the molecule is c1cc2cc(c1)[N+]21c2ccccc2-c2cc(-c3cccc4c3sc3ccccc34)cc(-n3c4ccccc4c4cc(-c5cccc6c5sc5ccccc56)ccc43)c21. The molecule has 58 heavy (non-hydrogen) atoms. The van der Waals surface area contributed by atoms with Crippen molar-refractivity contribution in [2.24, 2.45) is 0 Å². The first kappa shape index (κ1) is 31.3. The molecule has 15 rings (SSSR count). The molecule has 0 N–H and O–H groups in total. The van der Waals surface area contributed by atoms with Crippen molar-refractivity contribution in [1.82, 2.24) is 9.05 Å². The first-order valence-electron chi connectivity index (χ1n) is 19.9. The van der Waals surface area contributed by atoms with Gasteiger partial charge in [0.25, 0.3) is 0 Å². The van der Waals surface area contributed by atoms with E-state index in [9.17, 15) is 0 Å². The van der Waals surface area contributed by atoms with Gasteiger partial charge < -0.3 is 4.57 Å². The highest BCUT2D eigenvalue weighted by molar-refractivity contribution is 7.26. The largest absolute Gasteiger partial charge is 0.304 e. The Morgan fingerprint density at radius 1 is 0.362 bits per heavy atom. The Balaban J connectivity index is 1.09. The lowest BCUT2D eigenvalue weighted by molar-refractivity contribution is 0.677. The van der Waals surface area contributed by atoms with Gasteiger partial charge in [0.2, 0.25) is 0 Å². The number of para-hydroxylation sites is 2. The topological polar surface area (TPSA) is 4.93 Å². The van der Waals surface area contributed by atoms with Crippen LogP contribution in [0.1, 0.15) is 0 Å². The van der Waals surface area contributed by atoms with E-state index in [0.717, 1.165) is 0 Å². The number of hydrogen-bond acceptors (Lipinski definition) is 2. The Bertz CT molecular complexity index is 3740. The number of hydrogen-bond donors (Lipinski definition) is 0. The summed E-state index contributed by atoms with van der Waals surface area (Å²) >= 11 is 3.80. The number of thiophene rings is 2. The molecule has 268 valence electrons. The van der Waals surface area contributed by atoms with Crippen molar-refractivity contribution in [3.63, 3.8) is 0 Å². The van der Waals surface area contributed by atoms with Crippen LogP contribution in [-0.4, -0.2) is 4.57 Å². The van der Waals surface area contributed by atoms with E-state index in [4.69, 9.17) is 0 Å². The average molecular weight is 772 g/mol. The summed E-state index contributed by atoms with van der Waals surface area (Å²) in [5, 5.41) is 7.83. The number of quaternary nitrogens is 1. The molecule has 0 amide bonds. The molecule has 3 aromatic heterocycles. The Labute approximate surface area is 341 Å². The maximum Gasteiger partial charge on any atom is 0.180 e. The average Bonchev–Trinajstić information content (AvgIpc) is 4.03. The summed E-state index contributed by atoms with van der Waals surface area (Å²) in [5.41, 5.74) is 16.6. The van der Waals surface area contributed by atoms with Crippen LogP contribution in [0.2, 0.25) is 0 Å². The molecule has 12 aromatic rings. The third-order valence-electron chi connectivity index (χ3n) is 12.9. The molecule has 0 saturated carbocycles. The summed E-state index contributed by atoms with van der Waals surface area (Å²) in [5.74, 6) is 0. The molecule has 0 saturated heterocycles. The van der Waals surface area contributed by atoms with E-state index in [1.807, 2.05) is 22.7 Å². The normalized spacial score (nSPS) is 13.7. The third-order valence-corrected chi connectivity index (χ3v) is 15.4. The molecule has 2 bridgehead atoms. The van der Waals surface area contributed by atoms with Gasteiger partial charge in [0.15, 0.2) is 22.7 Å². The van der Waals surface area contributed by atoms with Crippen molar-refractivity contribution in [3.05, 3.63) is 188 Å². The molecular weight excluding hydrogens is 741 g/mol. The van der Waals surface area contributed by atoms with Gasteiger partial charge in [-0.05, 0) is 70.8 Å². The molecule has 2 nitrogen and oxygen atoms in total. The van der Waals surface area contributed by atoms with Crippen LogP contribution in [0.5, 0.6) is 0 Å². The van der Waals surface area contributed by atoms with Crippen LogP contribution in [0, 0.1) is 0 Å². The van der Waals surface area contributed by atoms with Crippen LogP contribution in [-0.2, 0) is 0 Å². The lowest BCUT2D eigenvalue weighted by Gasteiger charge is -2.41. The van der Waals surface area contributed by atoms with Gasteiger partial charge in [-0.2, -0.15) is 4.48 Å². The van der Waals surface area contributed by atoms with Gasteiger partial charge in [0.05, 0.1) is 28.2 Å². The lowest BCUT2D eigenvalue weighted by Crippen LogP contribution is -2.37. The molecule has 6 heterocycles. The van der Waals surface area contributed by atoms with Crippen LogP contribution < -0.4 is 4.48 Å². The second-order valence-electron chi connectivity index (χ2n) is 15.7. The van der Waals surface area contributed by atoms with Crippen molar-refractivity contribution in [3.8, 4) is 39.1 Å². The van der Waals surface area contributed by atoms with Crippen molar-refractivity contribution in [1.29, 1.82) is 0 Å². The zero-order valence-electron chi connectivity index (χ0n) is 31.1. The number of fused-ring (bicyclic) bond motifs is 14. The van der Waals surface area contributed by atoms with Crippen LogP contribution in [0.25, 0.3) is 101 Å². The maximum absolute atomic E-state index is 2.58. The summed E-state index contributed by atoms with van der Waals surface area (Å²) in [6, 6.07) is 70.8. The van der Waals surface area contributed by atoms with Crippen LogP contribution >= 0.6 is 22.7 Å². The maximum atomic E-state index is 2.58. The summed E-state index contributed by atoms with van der Waals surface area (Å²) < 4.78 is 8.55. The van der Waals surface area contributed by atoms with E-state index in [1.54, 1.807) is 0 Å². The van der Waals surface area contributed by atoms with Crippen LogP contribution in [0.15, 0.2) is 188 Å². The van der Waals surface area contributed by atoms with Gasteiger partial charge in [0.1, 0.15) is 5.69 Å². The fourth-order valence-corrected chi connectivity index (χ4v) is 13.0. The monoisotopic (exact) mass is 771 g/mol. The van der Waals surface area contributed by atoms with Crippen LogP contribution in [0.3, 0.4) is 0 Å². The van der Waals surface area contributed by atoms with E-state index in [1.165, 1.54) is 124 Å². The number of aromatic nitrogens is 1. The van der Waals surface area contributed by atoms with Gasteiger partial charge in [-0.15, -0.1) is 22.7 Å². The van der Waals surface area contributed by atoms with Crippen LogP contribution in [0.4, 0.5) is 22.7 Å². The molecule has 1 spiro atoms. The Morgan fingerprint density at radius 3 is 1.66 bits per heavy atom. The van der Waals surface area contributed by atoms with Gasteiger partial charge in [-0.25, -0.2) is 0 Å². The van der Waals surface area contributed by atoms with Gasteiger partial charge in [-0.1, -0.05) is 115 Å². The molecule has 0 unspecified atom stereocenters. The number of nitrogens with zero attached hydrogens (tertiary/aromatic N) is 2. The van der Waals surface area contributed by atoms with Crippen molar-refractivity contribution in [2.75, 3.05) is 0 Å². The molecule has 9 aromatic carbocycles. The smallest absolute Gasteiger partial charge is 0.180 e. The van der Waals surface area contributed by atoms with E-state index in [-0.39, 0.29) is 0 Å². The van der Waals surface area contributed by atoms with E-state index >= 15 is 0 Å². The summed E-state index contributed by atoms with van der Waals surface area (Å²) in [4.78, 5) is 0. The second kappa shape index (κ2) is 11.2. The summed E-state index contributed by atoms with van der Waals surface area (Å²) in [7, 11) is 0. The molecule has 0 radical (unpaired) electrons. The zero-order chi connectivity index (χ0) is 37.7. The van der Waals surface area contributed by atoms with Crippen molar-refractivity contribution < 1.29 is 0 Å². The Hall–Kier alpha value is -6.82. The Morgan fingerprint density at radius 2 is 0.931 bits per heavy atom. The minimum Gasteiger partial charge on any atom is -0.304 e. The fourth-order valence-electron chi connectivity index (χ4n) is 10.5. The molecule has 0 fully saturated rings. The van der Waals surface area contributed by atoms with Gasteiger partial charge in [0, 0.05) is 69.3 Å². The highest BCUT2D eigenvalue weighted by Gasteiger charge is 2.55.